The molecule has 1 nitrogen and oxygen atoms in total. The number of rotatable bonds is 2. The van der Waals surface area contributed by atoms with Crippen molar-refractivity contribution in [2.75, 3.05) is 0 Å². The van der Waals surface area contributed by atoms with E-state index < -0.39 is 0 Å². The molecule has 0 N–H and O–H groups in total. The van der Waals surface area contributed by atoms with E-state index in [0.717, 1.165) is 19.3 Å². The van der Waals surface area contributed by atoms with Gasteiger partial charge in [-0.2, -0.15) is 5.26 Å². The molecule has 0 amide bonds. The number of hydrogen-bond donors (Lipinski definition) is 0. The zero-order chi connectivity index (χ0) is 12.8. The highest BCUT2D eigenvalue weighted by atomic mass is 14.4. The van der Waals surface area contributed by atoms with Crippen LogP contribution in [-0.4, -0.2) is 0 Å². The maximum Gasteiger partial charge on any atom is 0.0693 e. The van der Waals surface area contributed by atoms with Crippen molar-refractivity contribution in [3.05, 3.63) is 35.4 Å². The van der Waals surface area contributed by atoms with Gasteiger partial charge in [-0.1, -0.05) is 61.9 Å². The Morgan fingerprint density at radius 1 is 1.00 bits per heavy atom. The lowest BCUT2D eigenvalue weighted by atomic mass is 9.73. The number of hydrogen-bond acceptors (Lipinski definition) is 1. The van der Waals surface area contributed by atoms with Gasteiger partial charge in [0.15, 0.2) is 0 Å². The first kappa shape index (κ1) is 13.1. The second-order valence-corrected chi connectivity index (χ2v) is 5.82. The molecule has 1 aromatic rings. The number of benzene rings is 1. The SMILES string of the molecule is Cc1ccc(CC2(C#N)CCCCCCC2)cc1. The average molecular weight is 241 g/mol. The molecular weight excluding hydrogens is 218 g/mol. The Morgan fingerprint density at radius 2 is 1.56 bits per heavy atom. The van der Waals surface area contributed by atoms with Crippen LogP contribution in [0.1, 0.15) is 56.1 Å². The van der Waals surface area contributed by atoms with Crippen LogP contribution in [0.2, 0.25) is 0 Å². The molecule has 0 spiro atoms. The fourth-order valence-corrected chi connectivity index (χ4v) is 3.01. The molecular formula is C17H23N. The summed E-state index contributed by atoms with van der Waals surface area (Å²) in [5.41, 5.74) is 2.51. The summed E-state index contributed by atoms with van der Waals surface area (Å²) in [4.78, 5) is 0. The quantitative estimate of drug-likeness (QED) is 0.730. The third kappa shape index (κ3) is 3.35. The van der Waals surface area contributed by atoms with E-state index in [2.05, 4.69) is 37.3 Å². The largest absolute Gasteiger partial charge is 0.198 e. The molecule has 0 atom stereocenters. The predicted octanol–water partition coefficient (Wildman–Crippen LogP) is 4.79. The summed E-state index contributed by atoms with van der Waals surface area (Å²) in [6.45, 7) is 2.11. The van der Waals surface area contributed by atoms with Crippen molar-refractivity contribution in [2.45, 2.75) is 58.3 Å². The van der Waals surface area contributed by atoms with Crippen molar-refractivity contribution in [1.82, 2.24) is 0 Å². The Labute approximate surface area is 111 Å². The lowest BCUT2D eigenvalue weighted by molar-refractivity contribution is 0.287. The van der Waals surface area contributed by atoms with Gasteiger partial charge >= 0.3 is 0 Å². The first-order chi connectivity index (χ1) is 8.74. The Morgan fingerprint density at radius 3 is 2.11 bits per heavy atom. The van der Waals surface area contributed by atoms with E-state index in [0.29, 0.717) is 0 Å². The molecule has 1 aliphatic carbocycles. The van der Waals surface area contributed by atoms with Crippen LogP contribution in [-0.2, 0) is 6.42 Å². The minimum absolute atomic E-state index is 0.102. The summed E-state index contributed by atoms with van der Waals surface area (Å²) >= 11 is 0. The summed E-state index contributed by atoms with van der Waals surface area (Å²) in [5, 5.41) is 9.62. The summed E-state index contributed by atoms with van der Waals surface area (Å²) in [5.74, 6) is 0. The highest BCUT2D eigenvalue weighted by Gasteiger charge is 2.30. The van der Waals surface area contributed by atoms with Crippen molar-refractivity contribution >= 4 is 0 Å². The van der Waals surface area contributed by atoms with Crippen molar-refractivity contribution in [3.8, 4) is 6.07 Å². The molecule has 0 aromatic heterocycles. The van der Waals surface area contributed by atoms with Gasteiger partial charge in [0.25, 0.3) is 0 Å². The first-order valence-electron chi connectivity index (χ1n) is 7.21. The number of aryl methyl sites for hydroxylation is 1. The van der Waals surface area contributed by atoms with E-state index in [4.69, 9.17) is 0 Å². The molecule has 0 radical (unpaired) electrons. The molecule has 0 aliphatic heterocycles. The summed E-state index contributed by atoms with van der Waals surface area (Å²) < 4.78 is 0. The highest BCUT2D eigenvalue weighted by molar-refractivity contribution is 5.24. The van der Waals surface area contributed by atoms with Gasteiger partial charge in [0.05, 0.1) is 11.5 Å². The zero-order valence-electron chi connectivity index (χ0n) is 11.4. The molecule has 96 valence electrons. The average Bonchev–Trinajstić information content (AvgIpc) is 2.36. The van der Waals surface area contributed by atoms with E-state index in [1.54, 1.807) is 0 Å². The van der Waals surface area contributed by atoms with Crippen molar-refractivity contribution in [2.24, 2.45) is 5.41 Å². The third-order valence-electron chi connectivity index (χ3n) is 4.21. The van der Waals surface area contributed by atoms with E-state index in [1.165, 1.54) is 43.2 Å². The Kier molecular flexibility index (Phi) is 4.42. The van der Waals surface area contributed by atoms with Gasteiger partial charge in [-0.25, -0.2) is 0 Å². The summed E-state index contributed by atoms with van der Waals surface area (Å²) in [7, 11) is 0. The van der Waals surface area contributed by atoms with Gasteiger partial charge in [0.2, 0.25) is 0 Å². The summed E-state index contributed by atoms with van der Waals surface area (Å²) in [6.07, 6.45) is 9.50. The second kappa shape index (κ2) is 6.05. The van der Waals surface area contributed by atoms with Crippen LogP contribution in [0.25, 0.3) is 0 Å². The van der Waals surface area contributed by atoms with Crippen LogP contribution in [0.3, 0.4) is 0 Å². The van der Waals surface area contributed by atoms with E-state index in [9.17, 15) is 5.26 Å². The highest BCUT2D eigenvalue weighted by Crippen LogP contribution is 2.36. The molecule has 1 aromatic carbocycles. The van der Waals surface area contributed by atoms with Gasteiger partial charge < -0.3 is 0 Å². The molecule has 0 heterocycles. The molecule has 1 aliphatic rings. The first-order valence-corrected chi connectivity index (χ1v) is 7.21. The van der Waals surface area contributed by atoms with Gasteiger partial charge in [-0.15, -0.1) is 0 Å². The molecule has 0 unspecified atom stereocenters. The fraction of sp³-hybridized carbons (Fsp3) is 0.588. The minimum Gasteiger partial charge on any atom is -0.198 e. The molecule has 1 fully saturated rings. The lowest BCUT2D eigenvalue weighted by Gasteiger charge is -2.28. The summed E-state index contributed by atoms with van der Waals surface area (Å²) in [6, 6.07) is 11.3. The molecule has 18 heavy (non-hydrogen) atoms. The normalized spacial score (nSPS) is 19.6. The number of nitriles is 1. The molecule has 0 saturated heterocycles. The van der Waals surface area contributed by atoms with Crippen molar-refractivity contribution in [3.63, 3.8) is 0 Å². The van der Waals surface area contributed by atoms with Gasteiger partial charge in [0, 0.05) is 0 Å². The van der Waals surface area contributed by atoms with E-state index in [-0.39, 0.29) is 5.41 Å². The standard InChI is InChI=1S/C17H23N/c1-15-7-9-16(10-8-15)13-17(14-18)11-5-3-2-4-6-12-17/h7-10H,2-6,11-13H2,1H3. The van der Waals surface area contributed by atoms with Crippen LogP contribution >= 0.6 is 0 Å². The predicted molar refractivity (Wildman–Crippen MR) is 75.2 cm³/mol. The third-order valence-corrected chi connectivity index (χ3v) is 4.21. The zero-order valence-corrected chi connectivity index (χ0v) is 11.4. The number of nitrogens with zero attached hydrogens (tertiary/aromatic N) is 1. The van der Waals surface area contributed by atoms with Crippen LogP contribution in [0, 0.1) is 23.7 Å². The Hall–Kier alpha value is -1.29. The van der Waals surface area contributed by atoms with Crippen molar-refractivity contribution < 1.29 is 0 Å². The van der Waals surface area contributed by atoms with Crippen LogP contribution < -0.4 is 0 Å². The molecule has 1 heteroatoms. The van der Waals surface area contributed by atoms with Crippen LogP contribution in [0.5, 0.6) is 0 Å². The van der Waals surface area contributed by atoms with E-state index >= 15 is 0 Å². The van der Waals surface area contributed by atoms with E-state index in [1.807, 2.05) is 0 Å². The van der Waals surface area contributed by atoms with Gasteiger partial charge in [-0.3, -0.25) is 0 Å². The van der Waals surface area contributed by atoms with Crippen LogP contribution in [0.4, 0.5) is 0 Å². The topological polar surface area (TPSA) is 23.8 Å². The Bertz CT molecular complexity index is 402. The molecule has 1 saturated carbocycles. The smallest absolute Gasteiger partial charge is 0.0693 e. The maximum absolute atomic E-state index is 9.62. The maximum atomic E-state index is 9.62. The fourth-order valence-electron chi connectivity index (χ4n) is 3.01. The molecule has 0 bridgehead atoms. The minimum atomic E-state index is -0.102. The van der Waals surface area contributed by atoms with Crippen molar-refractivity contribution in [1.29, 1.82) is 5.26 Å². The van der Waals surface area contributed by atoms with Gasteiger partial charge in [0.1, 0.15) is 0 Å². The Balaban J connectivity index is 2.11. The second-order valence-electron chi connectivity index (χ2n) is 5.82. The molecule has 2 rings (SSSR count). The monoisotopic (exact) mass is 241 g/mol. The lowest BCUT2D eigenvalue weighted by Crippen LogP contribution is -2.23. The van der Waals surface area contributed by atoms with Gasteiger partial charge in [-0.05, 0) is 31.7 Å². The van der Waals surface area contributed by atoms with Crippen LogP contribution in [0.15, 0.2) is 24.3 Å².